The third-order valence-electron chi connectivity index (χ3n) is 5.42. The lowest BCUT2D eigenvalue weighted by Crippen LogP contribution is -2.53. The maximum absolute atomic E-state index is 6.09. The van der Waals surface area contributed by atoms with Gasteiger partial charge in [-0.25, -0.2) is 0 Å². The molecule has 4 aromatic rings. The number of likely N-dealkylation sites (tertiary alicyclic amines) is 1. The SMILES string of the molecule is Cc1c(CN2CC(Oc3ccc(-c4noc(-c5ccncc5)n4)cc3)C2)cnn1C. The average molecular weight is 402 g/mol. The van der Waals surface area contributed by atoms with Gasteiger partial charge in [0.1, 0.15) is 11.9 Å². The first kappa shape index (κ1) is 18.5. The fraction of sp³-hybridized carbons (Fsp3) is 0.273. The number of nitrogens with zero attached hydrogens (tertiary/aromatic N) is 6. The molecule has 5 rings (SSSR count). The van der Waals surface area contributed by atoms with Gasteiger partial charge in [-0.15, -0.1) is 0 Å². The Morgan fingerprint density at radius 3 is 2.53 bits per heavy atom. The minimum absolute atomic E-state index is 0.205. The number of rotatable bonds is 6. The van der Waals surface area contributed by atoms with Crippen LogP contribution >= 0.6 is 0 Å². The van der Waals surface area contributed by atoms with Gasteiger partial charge in [-0.2, -0.15) is 10.1 Å². The Balaban J connectivity index is 1.17. The van der Waals surface area contributed by atoms with Crippen LogP contribution in [0.4, 0.5) is 0 Å². The second-order valence-electron chi connectivity index (χ2n) is 7.50. The standard InChI is InChI=1S/C22H22N6O2/c1-15-18(11-24-27(15)2)12-28-13-20(14-28)29-19-5-3-16(4-6-19)21-25-22(30-26-21)17-7-9-23-10-8-17/h3-11,20H,12-14H2,1-2H3. The Labute approximate surface area is 174 Å². The molecule has 0 saturated carbocycles. The summed E-state index contributed by atoms with van der Waals surface area (Å²) in [5.74, 6) is 1.87. The molecule has 1 fully saturated rings. The van der Waals surface area contributed by atoms with Crippen molar-refractivity contribution in [2.45, 2.75) is 19.6 Å². The zero-order chi connectivity index (χ0) is 20.5. The summed E-state index contributed by atoms with van der Waals surface area (Å²) in [4.78, 5) is 10.8. The van der Waals surface area contributed by atoms with E-state index < -0.39 is 0 Å². The molecule has 152 valence electrons. The first-order chi connectivity index (χ1) is 14.7. The minimum Gasteiger partial charge on any atom is -0.488 e. The summed E-state index contributed by atoms with van der Waals surface area (Å²) in [7, 11) is 1.97. The Hall–Kier alpha value is -3.52. The van der Waals surface area contributed by atoms with Crippen molar-refractivity contribution in [3.05, 3.63) is 66.2 Å². The van der Waals surface area contributed by atoms with Crippen LogP contribution in [0.5, 0.6) is 5.75 Å². The first-order valence-corrected chi connectivity index (χ1v) is 9.87. The van der Waals surface area contributed by atoms with Gasteiger partial charge >= 0.3 is 0 Å². The highest BCUT2D eigenvalue weighted by molar-refractivity contribution is 5.60. The van der Waals surface area contributed by atoms with Crippen molar-refractivity contribution in [1.82, 2.24) is 29.8 Å². The Bertz CT molecular complexity index is 1130. The molecule has 0 aliphatic carbocycles. The summed E-state index contributed by atoms with van der Waals surface area (Å²) in [5, 5.41) is 8.38. The second kappa shape index (κ2) is 7.72. The molecule has 3 aromatic heterocycles. The number of aromatic nitrogens is 5. The van der Waals surface area contributed by atoms with E-state index in [4.69, 9.17) is 9.26 Å². The summed E-state index contributed by atoms with van der Waals surface area (Å²) in [5.41, 5.74) is 4.21. The van der Waals surface area contributed by atoms with E-state index in [-0.39, 0.29) is 6.10 Å². The molecular weight excluding hydrogens is 380 g/mol. The highest BCUT2D eigenvalue weighted by Gasteiger charge is 2.29. The summed E-state index contributed by atoms with van der Waals surface area (Å²) in [6, 6.07) is 11.5. The lowest BCUT2D eigenvalue weighted by Gasteiger charge is -2.38. The summed E-state index contributed by atoms with van der Waals surface area (Å²) >= 11 is 0. The van der Waals surface area contributed by atoms with E-state index in [1.807, 2.05) is 54.3 Å². The van der Waals surface area contributed by atoms with Gasteiger partial charge in [0.25, 0.3) is 5.89 Å². The lowest BCUT2D eigenvalue weighted by molar-refractivity contribution is 0.0144. The number of hydrogen-bond acceptors (Lipinski definition) is 7. The summed E-state index contributed by atoms with van der Waals surface area (Å²) in [6.45, 7) is 4.84. The van der Waals surface area contributed by atoms with E-state index in [1.54, 1.807) is 12.4 Å². The lowest BCUT2D eigenvalue weighted by atomic mass is 10.1. The fourth-order valence-electron chi connectivity index (χ4n) is 3.49. The van der Waals surface area contributed by atoms with Crippen molar-refractivity contribution in [3.63, 3.8) is 0 Å². The molecular formula is C22H22N6O2. The van der Waals surface area contributed by atoms with E-state index in [9.17, 15) is 0 Å². The predicted octanol–water partition coefficient (Wildman–Crippen LogP) is 3.10. The van der Waals surface area contributed by atoms with Crippen molar-refractivity contribution in [1.29, 1.82) is 0 Å². The molecule has 8 heteroatoms. The molecule has 0 atom stereocenters. The van der Waals surface area contributed by atoms with Crippen molar-refractivity contribution in [2.24, 2.45) is 7.05 Å². The third-order valence-corrected chi connectivity index (χ3v) is 5.42. The smallest absolute Gasteiger partial charge is 0.258 e. The molecule has 1 aliphatic rings. The van der Waals surface area contributed by atoms with Crippen molar-refractivity contribution >= 4 is 0 Å². The van der Waals surface area contributed by atoms with E-state index in [1.165, 1.54) is 11.3 Å². The van der Waals surface area contributed by atoms with E-state index >= 15 is 0 Å². The molecule has 30 heavy (non-hydrogen) atoms. The molecule has 0 amide bonds. The van der Waals surface area contributed by atoms with Gasteiger partial charge in [0, 0.05) is 61.5 Å². The second-order valence-corrected chi connectivity index (χ2v) is 7.50. The van der Waals surface area contributed by atoms with Gasteiger partial charge in [0.15, 0.2) is 0 Å². The highest BCUT2D eigenvalue weighted by Crippen LogP contribution is 2.25. The largest absolute Gasteiger partial charge is 0.488 e. The maximum Gasteiger partial charge on any atom is 0.258 e. The number of ether oxygens (including phenoxy) is 1. The summed E-state index contributed by atoms with van der Waals surface area (Å²) in [6.07, 6.45) is 5.55. The number of aryl methyl sites for hydroxylation is 1. The zero-order valence-electron chi connectivity index (χ0n) is 16.9. The zero-order valence-corrected chi connectivity index (χ0v) is 16.9. The molecule has 4 heterocycles. The van der Waals surface area contributed by atoms with Crippen LogP contribution < -0.4 is 4.74 Å². The molecule has 1 aliphatic heterocycles. The number of pyridine rings is 1. The van der Waals surface area contributed by atoms with Crippen molar-refractivity contribution in [2.75, 3.05) is 13.1 Å². The number of benzene rings is 1. The molecule has 0 bridgehead atoms. The Morgan fingerprint density at radius 2 is 1.83 bits per heavy atom. The maximum atomic E-state index is 6.09. The molecule has 0 radical (unpaired) electrons. The minimum atomic E-state index is 0.205. The van der Waals surface area contributed by atoms with E-state index in [0.29, 0.717) is 11.7 Å². The van der Waals surface area contributed by atoms with Gasteiger partial charge in [0.05, 0.1) is 6.20 Å². The van der Waals surface area contributed by atoms with Crippen LogP contribution in [0, 0.1) is 6.92 Å². The predicted molar refractivity (Wildman–Crippen MR) is 111 cm³/mol. The van der Waals surface area contributed by atoms with Crippen molar-refractivity contribution in [3.8, 4) is 28.6 Å². The van der Waals surface area contributed by atoms with Gasteiger partial charge in [-0.05, 0) is 43.3 Å². The molecule has 0 spiro atoms. The molecule has 0 N–H and O–H groups in total. The van der Waals surface area contributed by atoms with Gasteiger partial charge in [-0.3, -0.25) is 14.6 Å². The monoisotopic (exact) mass is 402 g/mol. The van der Waals surface area contributed by atoms with Crippen LogP contribution in [0.1, 0.15) is 11.3 Å². The van der Waals surface area contributed by atoms with E-state index in [0.717, 1.165) is 36.5 Å². The van der Waals surface area contributed by atoms with Crippen molar-refractivity contribution < 1.29 is 9.26 Å². The Morgan fingerprint density at radius 1 is 1.07 bits per heavy atom. The first-order valence-electron chi connectivity index (χ1n) is 9.87. The van der Waals surface area contributed by atoms with Crippen LogP contribution in [-0.4, -0.2) is 49.0 Å². The quantitative estimate of drug-likeness (QED) is 0.490. The van der Waals surface area contributed by atoms with E-state index in [2.05, 4.69) is 32.0 Å². The third kappa shape index (κ3) is 3.69. The van der Waals surface area contributed by atoms with Gasteiger partial charge in [0.2, 0.25) is 5.82 Å². The molecule has 1 aromatic carbocycles. The molecule has 8 nitrogen and oxygen atoms in total. The van der Waals surface area contributed by atoms with Crippen LogP contribution in [0.3, 0.4) is 0 Å². The fourth-order valence-corrected chi connectivity index (χ4v) is 3.49. The topological polar surface area (TPSA) is 82.1 Å². The van der Waals surface area contributed by atoms with Crippen LogP contribution in [0.15, 0.2) is 59.5 Å². The van der Waals surface area contributed by atoms with Gasteiger partial charge in [-0.1, -0.05) is 5.16 Å². The molecule has 0 unspecified atom stereocenters. The average Bonchev–Trinajstić information content (AvgIpc) is 3.36. The molecule has 1 saturated heterocycles. The number of hydrogen-bond donors (Lipinski definition) is 0. The van der Waals surface area contributed by atoms with Crippen LogP contribution in [0.25, 0.3) is 22.8 Å². The highest BCUT2D eigenvalue weighted by atomic mass is 16.5. The Kier molecular flexibility index (Phi) is 4.76. The van der Waals surface area contributed by atoms with Crippen LogP contribution in [0.2, 0.25) is 0 Å². The summed E-state index contributed by atoms with van der Waals surface area (Å²) < 4.78 is 13.4. The van der Waals surface area contributed by atoms with Gasteiger partial charge < -0.3 is 9.26 Å². The van der Waals surface area contributed by atoms with Crippen LogP contribution in [-0.2, 0) is 13.6 Å². The normalized spacial score (nSPS) is 14.6.